The van der Waals surface area contributed by atoms with Gasteiger partial charge in [-0.05, 0) is 71.6 Å². The van der Waals surface area contributed by atoms with Gasteiger partial charge in [0, 0.05) is 26.8 Å². The highest BCUT2D eigenvalue weighted by atomic mass is 35.5. The first-order chi connectivity index (χ1) is 17.6. The van der Waals surface area contributed by atoms with E-state index in [0.29, 0.717) is 21.8 Å². The van der Waals surface area contributed by atoms with E-state index in [-0.39, 0.29) is 23.7 Å². The zero-order valence-electron chi connectivity index (χ0n) is 18.7. The molecule has 0 fully saturated rings. The Morgan fingerprint density at radius 3 is 2.47 bits per heavy atom. The van der Waals surface area contributed by atoms with Crippen LogP contribution < -0.4 is 10.2 Å². The number of carbonyl (C=O) groups excluding carboxylic acids is 2. The Kier molecular flexibility index (Phi) is 5.64. The number of halogens is 1. The van der Waals surface area contributed by atoms with Crippen LogP contribution in [0.2, 0.25) is 5.02 Å². The van der Waals surface area contributed by atoms with E-state index in [4.69, 9.17) is 16.3 Å². The minimum Gasteiger partial charge on any atom is -0.402 e. The summed E-state index contributed by atoms with van der Waals surface area (Å²) < 4.78 is 5.41. The standard InChI is InChI=1S/C28H18ClN3O3S/c29-19-11-7-17(8-12-19)16-23-28(34)35-26(31-23)18-9-13-20(14-10-18)32-25(24-6-3-15-36-24)30-22-5-2-1-4-21(22)27(32)33/h1-16,25,30H. The summed E-state index contributed by atoms with van der Waals surface area (Å²) >= 11 is 7.52. The second kappa shape index (κ2) is 9.11. The lowest BCUT2D eigenvalue weighted by molar-refractivity contribution is -0.129. The van der Waals surface area contributed by atoms with Crippen molar-refractivity contribution in [1.82, 2.24) is 0 Å². The fourth-order valence-electron chi connectivity index (χ4n) is 4.18. The molecule has 0 saturated heterocycles. The molecule has 176 valence electrons. The molecule has 0 radical (unpaired) electrons. The Morgan fingerprint density at radius 1 is 0.944 bits per heavy atom. The van der Waals surface area contributed by atoms with E-state index in [1.165, 1.54) is 0 Å². The highest BCUT2D eigenvalue weighted by Gasteiger charge is 2.34. The molecular weight excluding hydrogens is 494 g/mol. The number of cyclic esters (lactones) is 1. The van der Waals surface area contributed by atoms with E-state index in [2.05, 4.69) is 10.3 Å². The molecular formula is C28H18ClN3O3S. The first-order valence-electron chi connectivity index (χ1n) is 11.2. The van der Waals surface area contributed by atoms with Crippen molar-refractivity contribution in [3.05, 3.63) is 123 Å². The summed E-state index contributed by atoms with van der Waals surface area (Å²) in [6.07, 6.45) is 1.31. The lowest BCUT2D eigenvalue weighted by Gasteiger charge is -2.37. The summed E-state index contributed by atoms with van der Waals surface area (Å²) in [4.78, 5) is 33.1. The highest BCUT2D eigenvalue weighted by molar-refractivity contribution is 7.10. The topological polar surface area (TPSA) is 71.0 Å². The number of benzene rings is 3. The van der Waals surface area contributed by atoms with Crippen LogP contribution in [0.5, 0.6) is 0 Å². The van der Waals surface area contributed by atoms with Crippen molar-refractivity contribution in [2.75, 3.05) is 10.2 Å². The van der Waals surface area contributed by atoms with Crippen LogP contribution in [0.1, 0.15) is 32.5 Å². The average Bonchev–Trinajstić information content (AvgIpc) is 3.56. The molecule has 0 aliphatic carbocycles. The Labute approximate surface area is 216 Å². The van der Waals surface area contributed by atoms with Crippen molar-refractivity contribution >= 4 is 58.2 Å². The molecule has 2 aliphatic rings. The van der Waals surface area contributed by atoms with Gasteiger partial charge in [0.05, 0.1) is 5.56 Å². The van der Waals surface area contributed by atoms with E-state index in [0.717, 1.165) is 16.1 Å². The molecule has 1 atom stereocenters. The van der Waals surface area contributed by atoms with Gasteiger partial charge in [-0.1, -0.05) is 41.9 Å². The summed E-state index contributed by atoms with van der Waals surface area (Å²) in [6, 6.07) is 25.8. The van der Waals surface area contributed by atoms with Gasteiger partial charge in [-0.3, -0.25) is 9.69 Å². The first-order valence-corrected chi connectivity index (χ1v) is 12.4. The molecule has 2 aliphatic heterocycles. The molecule has 6 rings (SSSR count). The van der Waals surface area contributed by atoms with E-state index < -0.39 is 5.97 Å². The number of rotatable bonds is 4. The number of hydrogen-bond acceptors (Lipinski definition) is 6. The number of thiophene rings is 1. The maximum absolute atomic E-state index is 13.5. The fraction of sp³-hybridized carbons (Fsp3) is 0.0357. The molecule has 3 aromatic carbocycles. The number of amides is 1. The average molecular weight is 512 g/mol. The van der Waals surface area contributed by atoms with E-state index >= 15 is 0 Å². The summed E-state index contributed by atoms with van der Waals surface area (Å²) in [5.41, 5.74) is 3.77. The fourth-order valence-corrected chi connectivity index (χ4v) is 5.07. The zero-order valence-corrected chi connectivity index (χ0v) is 20.3. The molecule has 1 N–H and O–H groups in total. The van der Waals surface area contributed by atoms with Gasteiger partial charge in [0.15, 0.2) is 5.70 Å². The number of para-hydroxylation sites is 1. The Balaban J connectivity index is 1.31. The van der Waals surface area contributed by atoms with Crippen LogP contribution in [0.25, 0.3) is 6.08 Å². The Morgan fingerprint density at radius 2 is 1.72 bits per heavy atom. The maximum atomic E-state index is 13.5. The van der Waals surface area contributed by atoms with Gasteiger partial charge in [-0.25, -0.2) is 9.79 Å². The van der Waals surface area contributed by atoms with Crippen molar-refractivity contribution < 1.29 is 14.3 Å². The van der Waals surface area contributed by atoms with Crippen molar-refractivity contribution in [1.29, 1.82) is 0 Å². The number of fused-ring (bicyclic) bond motifs is 1. The van der Waals surface area contributed by atoms with Gasteiger partial charge < -0.3 is 10.1 Å². The number of anilines is 2. The Hall–Kier alpha value is -4.20. The quantitative estimate of drug-likeness (QED) is 0.250. The Bertz CT molecular complexity index is 1530. The van der Waals surface area contributed by atoms with Crippen LogP contribution in [0.15, 0.2) is 101 Å². The number of nitrogens with zero attached hydrogens (tertiary/aromatic N) is 2. The van der Waals surface area contributed by atoms with Crippen molar-refractivity contribution in [3.63, 3.8) is 0 Å². The largest absolute Gasteiger partial charge is 0.402 e. The number of aliphatic imine (C=N–C) groups is 1. The molecule has 1 amide bonds. The minimum atomic E-state index is -0.520. The summed E-state index contributed by atoms with van der Waals surface area (Å²) in [6.45, 7) is 0. The predicted molar refractivity (Wildman–Crippen MR) is 142 cm³/mol. The number of hydrogen-bond donors (Lipinski definition) is 1. The van der Waals surface area contributed by atoms with Crippen molar-refractivity contribution in [3.8, 4) is 0 Å². The molecule has 1 unspecified atom stereocenters. The van der Waals surface area contributed by atoms with E-state index in [9.17, 15) is 9.59 Å². The van der Waals surface area contributed by atoms with Crippen LogP contribution in [0.3, 0.4) is 0 Å². The molecule has 36 heavy (non-hydrogen) atoms. The van der Waals surface area contributed by atoms with E-state index in [1.54, 1.807) is 58.7 Å². The predicted octanol–water partition coefficient (Wildman–Crippen LogP) is 6.52. The number of carbonyl (C=O) groups is 2. The van der Waals surface area contributed by atoms with Gasteiger partial charge in [0.2, 0.25) is 5.90 Å². The van der Waals surface area contributed by atoms with Gasteiger partial charge >= 0.3 is 5.97 Å². The third kappa shape index (κ3) is 4.08. The van der Waals surface area contributed by atoms with E-state index in [1.807, 2.05) is 53.9 Å². The molecule has 6 nitrogen and oxygen atoms in total. The minimum absolute atomic E-state index is 0.0895. The monoisotopic (exact) mass is 511 g/mol. The van der Waals surface area contributed by atoms with Crippen LogP contribution >= 0.6 is 22.9 Å². The third-order valence-electron chi connectivity index (χ3n) is 5.93. The molecule has 4 aromatic rings. The summed E-state index contributed by atoms with van der Waals surface area (Å²) in [5.74, 6) is -0.392. The smallest absolute Gasteiger partial charge is 0.363 e. The van der Waals surface area contributed by atoms with Crippen molar-refractivity contribution in [2.45, 2.75) is 6.17 Å². The molecule has 0 spiro atoms. The van der Waals surface area contributed by atoms with Crippen molar-refractivity contribution in [2.24, 2.45) is 4.99 Å². The molecule has 1 aromatic heterocycles. The SMILES string of the molecule is O=C1OC(c2ccc(N3C(=O)c4ccccc4NC3c3cccs3)cc2)=NC1=Cc1ccc(Cl)cc1. The molecule has 8 heteroatoms. The van der Waals surface area contributed by atoms with Gasteiger partial charge in [0.25, 0.3) is 5.91 Å². The third-order valence-corrected chi connectivity index (χ3v) is 7.10. The lowest BCUT2D eigenvalue weighted by atomic mass is 10.1. The molecule has 3 heterocycles. The molecule has 0 saturated carbocycles. The van der Waals surface area contributed by atoms with Gasteiger partial charge in [0.1, 0.15) is 6.17 Å². The van der Waals surface area contributed by atoms with Crippen LogP contribution in [-0.4, -0.2) is 17.8 Å². The number of ether oxygens (including phenoxy) is 1. The first kappa shape index (κ1) is 22.3. The normalized spacial score (nSPS) is 18.0. The number of nitrogens with one attached hydrogen (secondary N) is 1. The lowest BCUT2D eigenvalue weighted by Crippen LogP contribution is -2.42. The van der Waals surface area contributed by atoms with Crippen LogP contribution in [0, 0.1) is 0 Å². The van der Waals surface area contributed by atoms with Gasteiger partial charge in [-0.2, -0.15) is 0 Å². The highest BCUT2D eigenvalue weighted by Crippen LogP contribution is 2.38. The summed E-state index contributed by atoms with van der Waals surface area (Å²) in [7, 11) is 0. The van der Waals surface area contributed by atoms with Crippen LogP contribution in [-0.2, 0) is 9.53 Å². The second-order valence-corrected chi connectivity index (χ2v) is 9.63. The number of esters is 1. The van der Waals surface area contributed by atoms with Crippen LogP contribution in [0.4, 0.5) is 11.4 Å². The molecule has 0 bridgehead atoms. The second-order valence-electron chi connectivity index (χ2n) is 8.22. The zero-order chi connectivity index (χ0) is 24.6. The summed E-state index contributed by atoms with van der Waals surface area (Å²) in [5, 5.41) is 6.10. The maximum Gasteiger partial charge on any atom is 0.363 e. The van der Waals surface area contributed by atoms with Gasteiger partial charge in [-0.15, -0.1) is 11.3 Å².